The number of nitrogens with one attached hydrogen (secondary N) is 2. The zero-order chi connectivity index (χ0) is 69.9. The van der Waals surface area contributed by atoms with E-state index in [0.29, 0.717) is 33.9 Å². The number of quaternary nitrogens is 1. The van der Waals surface area contributed by atoms with Gasteiger partial charge in [-0.15, -0.1) is 11.8 Å². The monoisotopic (exact) mass is 1430 g/mol. The van der Waals surface area contributed by atoms with Crippen LogP contribution in [0.15, 0.2) is 226 Å². The second-order valence-electron chi connectivity index (χ2n) is 24.0. The van der Waals surface area contributed by atoms with E-state index in [9.17, 15) is 14.4 Å². The standard InChI is InChI=1S/C76H78Cl2N6O14S2/c1-84(38-20-21-39-84)40-22-27-55-48-99-72-65(71(86)83(72)66(55)73(87)94-47-52-34-36-60(91-4)37-35-52)80-63(85)45-59-49-100(75(79-59)81-76(56-28-14-7-15-29-56,57-30-16-8-17-31-57)58-32-18-9-19-33-58)82-98-68(74(88)97-67(53-23-10-5-11-24-53)54-25-12-6-13-26-54)61-46-62(77)69(95-50-92-43-41-89-2)70(64(61)78)96-51-93-44-42-90-3/h5-19,22-37,46,49,65,67-68,72H,20-21,38-45,47-48,50-51H2,1-4H3,(H-,79,80,81,85)/p+1. The van der Waals surface area contributed by atoms with Gasteiger partial charge in [0.15, 0.2) is 36.4 Å². The van der Waals surface area contributed by atoms with E-state index in [1.807, 2.05) is 170 Å². The van der Waals surface area contributed by atoms with Crippen molar-refractivity contribution in [3.8, 4) is 17.2 Å². The molecule has 7 aromatic carbocycles. The lowest BCUT2D eigenvalue weighted by Gasteiger charge is -2.49. The molecular formula is C76H79Cl2N6O14S2+. The largest absolute Gasteiger partial charge is 0.497 e. The lowest BCUT2D eigenvalue weighted by atomic mass is 9.77. The highest BCUT2D eigenvalue weighted by Crippen LogP contribution is 2.48. The van der Waals surface area contributed by atoms with Crippen LogP contribution in [-0.2, 0) is 75.3 Å². The molecule has 11 rings (SSSR count). The molecule has 0 saturated carbocycles. The zero-order valence-corrected chi connectivity index (χ0v) is 59.0. The minimum absolute atomic E-state index is 0.0286. The number of fused-ring (bicyclic) bond motifs is 1. The van der Waals surface area contributed by atoms with Crippen LogP contribution < -0.4 is 24.8 Å². The van der Waals surface area contributed by atoms with Crippen LogP contribution in [0.2, 0.25) is 10.0 Å². The van der Waals surface area contributed by atoms with E-state index in [4.69, 9.17) is 80.2 Å². The summed E-state index contributed by atoms with van der Waals surface area (Å²) in [7, 11) is 5.27. The molecule has 2 N–H and O–H groups in total. The maximum Gasteiger partial charge on any atom is 0.355 e. The van der Waals surface area contributed by atoms with Crippen LogP contribution in [0.5, 0.6) is 17.2 Å². The van der Waals surface area contributed by atoms with Gasteiger partial charge in [-0.1, -0.05) is 198 Å². The van der Waals surface area contributed by atoms with Crippen molar-refractivity contribution in [2.75, 3.05) is 93.8 Å². The van der Waals surface area contributed by atoms with Crippen molar-refractivity contribution in [2.24, 2.45) is 9.52 Å². The number of allylic oxidation sites excluding steroid dienone is 1. The fourth-order valence-electron chi connectivity index (χ4n) is 12.1. The average Bonchev–Trinajstić information content (AvgIpc) is 1.09. The second-order valence-corrected chi connectivity index (χ2v) is 27.3. The van der Waals surface area contributed by atoms with E-state index in [-0.39, 0.29) is 91.0 Å². The number of amidine groups is 1. The molecule has 4 aliphatic rings. The van der Waals surface area contributed by atoms with Crippen molar-refractivity contribution < 1.29 is 71.1 Å². The third-order valence-electron chi connectivity index (χ3n) is 17.2. The van der Waals surface area contributed by atoms with Gasteiger partial charge >= 0.3 is 11.9 Å². The van der Waals surface area contributed by atoms with Crippen LogP contribution in [0, 0.1) is 0 Å². The Labute approximate surface area is 598 Å². The second kappa shape index (κ2) is 35.1. The maximum atomic E-state index is 15.6. The minimum atomic E-state index is -1.80. The first-order valence-corrected chi connectivity index (χ1v) is 35.7. The number of likely N-dealkylation sites (N-methyl/N-ethyl adjacent to an activating group) is 1. The van der Waals surface area contributed by atoms with Crippen molar-refractivity contribution in [3.63, 3.8) is 0 Å². The Morgan fingerprint density at radius 3 is 1.87 bits per heavy atom. The summed E-state index contributed by atoms with van der Waals surface area (Å²) in [5.41, 5.74) is 4.22. The van der Waals surface area contributed by atoms with Gasteiger partial charge in [-0.2, -0.15) is 0 Å². The predicted molar refractivity (Wildman–Crippen MR) is 384 cm³/mol. The van der Waals surface area contributed by atoms with Crippen LogP contribution in [0.3, 0.4) is 0 Å². The summed E-state index contributed by atoms with van der Waals surface area (Å²) in [5.74, 6) is -1.69. The number of hydrogen-bond donors (Lipinski definition) is 2. The molecule has 0 aromatic heterocycles. The summed E-state index contributed by atoms with van der Waals surface area (Å²) in [4.78, 5) is 73.1. The van der Waals surface area contributed by atoms with Gasteiger partial charge in [0.1, 0.15) is 35.0 Å². The molecule has 2 fully saturated rings. The van der Waals surface area contributed by atoms with Crippen molar-refractivity contribution in [1.82, 2.24) is 15.5 Å². The molecule has 0 bridgehead atoms. The number of nitrogens with zero attached hydrogens (tertiary/aromatic N) is 4. The van der Waals surface area contributed by atoms with Crippen LogP contribution in [0.1, 0.15) is 70.4 Å². The SMILES string of the molecule is COCCOCOc1c(Cl)cc(C(ON=S2C=C(CC(=O)NC3C(=O)N4C(C(=O)OCc5ccc(OC)cc5)=C(C=CC[N+]5(C)CCCC5)CSC34)NC2=NC(c2ccccc2)(c2ccccc2)c2ccccc2)C(=O)OC(c2ccccc2)c2ccccc2)c(Cl)c1OCOCCOC. The molecule has 7 aromatic rings. The van der Waals surface area contributed by atoms with Gasteiger partial charge in [-0.25, -0.2) is 19.4 Å². The quantitative estimate of drug-likeness (QED) is 0.00744. The van der Waals surface area contributed by atoms with Crippen LogP contribution in [0.25, 0.3) is 0 Å². The molecule has 4 unspecified atom stereocenters. The summed E-state index contributed by atoms with van der Waals surface area (Å²) in [5, 5.41) is 7.52. The number of hydrogen-bond acceptors (Lipinski definition) is 17. The number of rotatable bonds is 33. The summed E-state index contributed by atoms with van der Waals surface area (Å²) in [6, 6.07) is 55.3. The molecule has 100 heavy (non-hydrogen) atoms. The Morgan fingerprint density at radius 2 is 1.31 bits per heavy atom. The number of aliphatic imine (C=N–C) groups is 1. The van der Waals surface area contributed by atoms with Crippen molar-refractivity contribution in [3.05, 3.63) is 266 Å². The smallest absolute Gasteiger partial charge is 0.355 e. The summed E-state index contributed by atoms with van der Waals surface area (Å²) in [6.45, 7) is 3.10. The summed E-state index contributed by atoms with van der Waals surface area (Å²) >= 11 is 16.1. The van der Waals surface area contributed by atoms with Gasteiger partial charge in [-0.05, 0) is 63.2 Å². The zero-order valence-electron chi connectivity index (χ0n) is 55.8. The number of β-lactam (4-membered cyclic amide) rings is 1. The van der Waals surface area contributed by atoms with E-state index >= 15 is 4.79 Å². The Kier molecular flexibility index (Phi) is 25.5. The Hall–Kier alpha value is -8.65. The number of likely N-dealkylation sites (tertiary alicyclic amines) is 1. The van der Waals surface area contributed by atoms with E-state index in [1.54, 1.807) is 31.8 Å². The van der Waals surface area contributed by atoms with E-state index in [2.05, 4.69) is 23.8 Å². The molecule has 0 aliphatic carbocycles. The Morgan fingerprint density at radius 1 is 0.750 bits per heavy atom. The van der Waals surface area contributed by atoms with Gasteiger partial charge in [-0.3, -0.25) is 14.5 Å². The van der Waals surface area contributed by atoms with Crippen molar-refractivity contribution in [2.45, 2.75) is 55.0 Å². The van der Waals surface area contributed by atoms with Gasteiger partial charge in [0, 0.05) is 60.2 Å². The van der Waals surface area contributed by atoms with Crippen molar-refractivity contribution in [1.29, 1.82) is 0 Å². The normalized spacial score (nSPS) is 17.9. The summed E-state index contributed by atoms with van der Waals surface area (Å²) in [6.07, 6.45) is 3.23. The lowest BCUT2D eigenvalue weighted by Crippen LogP contribution is -2.70. The molecule has 0 spiro atoms. The van der Waals surface area contributed by atoms with Gasteiger partial charge in [0.05, 0.1) is 76.7 Å². The molecule has 0 radical (unpaired) electrons. The molecule has 24 heteroatoms. The van der Waals surface area contributed by atoms with E-state index < -0.39 is 63.6 Å². The fraction of sp³-hybridized carbons (Fsp3) is 0.303. The number of amides is 2. The number of halogens is 2. The first kappa shape index (κ1) is 72.6. The molecule has 4 aliphatic heterocycles. The number of carbonyl (C=O) groups excluding carboxylic acids is 4. The van der Waals surface area contributed by atoms with E-state index in [0.717, 1.165) is 59.2 Å². The Balaban J connectivity index is 0.970. The number of carbonyl (C=O) groups is 4. The average molecular weight is 1440 g/mol. The molecule has 4 heterocycles. The van der Waals surface area contributed by atoms with Crippen LogP contribution in [-0.4, -0.2) is 143 Å². The molecule has 522 valence electrons. The van der Waals surface area contributed by atoms with Gasteiger partial charge < -0.3 is 57.7 Å². The van der Waals surface area contributed by atoms with Gasteiger partial charge in [0.25, 0.3) is 5.91 Å². The summed E-state index contributed by atoms with van der Waals surface area (Å²) < 4.78 is 57.6. The first-order valence-electron chi connectivity index (χ1n) is 32.6. The molecular weight excluding hydrogens is 1360 g/mol. The minimum Gasteiger partial charge on any atom is -0.497 e. The number of benzene rings is 7. The number of thioether (sulfide) groups is 1. The number of methoxy groups -OCH3 is 3. The first-order chi connectivity index (χ1) is 48.8. The van der Waals surface area contributed by atoms with Crippen LogP contribution in [0.4, 0.5) is 0 Å². The molecule has 20 nitrogen and oxygen atoms in total. The van der Waals surface area contributed by atoms with E-state index in [1.165, 1.54) is 29.8 Å². The number of ether oxygens (including phenoxy) is 9. The highest BCUT2D eigenvalue weighted by Gasteiger charge is 2.54. The molecule has 2 saturated heterocycles. The third kappa shape index (κ3) is 17.5. The van der Waals surface area contributed by atoms with Gasteiger partial charge in [0.2, 0.25) is 12.0 Å². The fourth-order valence-corrected chi connectivity index (χ4v) is 15.2. The molecule has 4 atom stereocenters. The highest BCUT2D eigenvalue weighted by molar-refractivity contribution is 8.05. The lowest BCUT2D eigenvalue weighted by molar-refractivity contribution is -0.891. The third-order valence-corrected chi connectivity index (χ3v) is 20.5. The Bertz CT molecular complexity index is 3980. The van der Waals surface area contributed by atoms with Crippen molar-refractivity contribution >= 4 is 74.6 Å². The molecule has 2 amide bonds. The number of esters is 2. The highest BCUT2D eigenvalue weighted by atomic mass is 35.5. The topological polar surface area (TPSA) is 213 Å². The maximum absolute atomic E-state index is 15.6. The predicted octanol–water partition coefficient (Wildman–Crippen LogP) is 12.5. The van der Waals surface area contributed by atoms with Crippen LogP contribution >= 0.6 is 35.0 Å².